The third-order valence-electron chi connectivity index (χ3n) is 5.02. The molecule has 2 aliphatic rings. The first kappa shape index (κ1) is 19.9. The smallest absolute Gasteiger partial charge is 0.410 e. The van der Waals surface area contributed by atoms with Crippen LogP contribution < -0.4 is 5.32 Å². The molecule has 1 unspecified atom stereocenters. The fourth-order valence-electron chi connectivity index (χ4n) is 3.51. The van der Waals surface area contributed by atoms with Crippen LogP contribution in [0.15, 0.2) is 42.8 Å². The maximum absolute atomic E-state index is 12.3. The number of hydrogen-bond acceptors (Lipinski definition) is 6. The van der Waals surface area contributed by atoms with Crippen LogP contribution in [0.4, 0.5) is 9.80 Å². The number of aromatic nitrogens is 1. The van der Waals surface area contributed by atoms with E-state index in [4.69, 9.17) is 4.74 Å². The second-order valence-corrected chi connectivity index (χ2v) is 8.16. The van der Waals surface area contributed by atoms with Crippen LogP contribution in [0.3, 0.4) is 0 Å². The Morgan fingerprint density at radius 3 is 2.93 bits per heavy atom. The molecule has 2 amide bonds. The SMILES string of the molecule is N#Cc1c(NC(=O)C=Cc2cccnc2)sc2c1CCC(OC(=O)N1CC=CC1)C2. The number of pyridine rings is 1. The van der Waals surface area contributed by atoms with Crippen molar-refractivity contribution >= 4 is 34.4 Å². The van der Waals surface area contributed by atoms with Gasteiger partial charge in [0.1, 0.15) is 17.2 Å². The van der Waals surface area contributed by atoms with Gasteiger partial charge in [0.2, 0.25) is 5.91 Å². The van der Waals surface area contributed by atoms with Gasteiger partial charge in [-0.15, -0.1) is 11.3 Å². The molecule has 30 heavy (non-hydrogen) atoms. The first-order chi connectivity index (χ1) is 14.6. The topological polar surface area (TPSA) is 95.3 Å². The van der Waals surface area contributed by atoms with E-state index in [0.717, 1.165) is 16.0 Å². The first-order valence-electron chi connectivity index (χ1n) is 9.68. The predicted octanol–water partition coefficient (Wildman–Crippen LogP) is 3.53. The van der Waals surface area contributed by atoms with Crippen molar-refractivity contribution in [3.63, 3.8) is 0 Å². The second kappa shape index (κ2) is 8.93. The van der Waals surface area contributed by atoms with Crippen molar-refractivity contribution in [2.45, 2.75) is 25.4 Å². The molecule has 0 radical (unpaired) electrons. The van der Waals surface area contributed by atoms with Crippen LogP contribution >= 0.6 is 11.3 Å². The Balaban J connectivity index is 1.42. The number of ether oxygens (including phenoxy) is 1. The van der Waals surface area contributed by atoms with E-state index >= 15 is 0 Å². The molecule has 0 fully saturated rings. The summed E-state index contributed by atoms with van der Waals surface area (Å²) in [6, 6.07) is 5.86. The van der Waals surface area contributed by atoms with Crippen molar-refractivity contribution in [3.8, 4) is 6.07 Å². The Hall–Kier alpha value is -3.44. The molecule has 1 aliphatic carbocycles. The predicted molar refractivity (Wildman–Crippen MR) is 114 cm³/mol. The van der Waals surface area contributed by atoms with E-state index in [-0.39, 0.29) is 18.1 Å². The molecule has 0 spiro atoms. The summed E-state index contributed by atoms with van der Waals surface area (Å²) < 4.78 is 5.65. The summed E-state index contributed by atoms with van der Waals surface area (Å²) >= 11 is 1.38. The summed E-state index contributed by atoms with van der Waals surface area (Å²) in [6.45, 7) is 1.16. The van der Waals surface area contributed by atoms with Gasteiger partial charge < -0.3 is 15.0 Å². The molecular weight excluding hydrogens is 400 g/mol. The highest BCUT2D eigenvalue weighted by Crippen LogP contribution is 2.38. The minimum Gasteiger partial charge on any atom is -0.446 e. The summed E-state index contributed by atoms with van der Waals surface area (Å²) in [4.78, 5) is 31.2. The molecule has 2 aromatic heterocycles. The molecular formula is C22H20N4O3S. The van der Waals surface area contributed by atoms with Crippen LogP contribution in [0.2, 0.25) is 0 Å². The Morgan fingerprint density at radius 2 is 2.20 bits per heavy atom. The van der Waals surface area contributed by atoms with E-state index in [9.17, 15) is 14.9 Å². The third kappa shape index (κ3) is 4.42. The monoisotopic (exact) mass is 420 g/mol. The highest BCUT2D eigenvalue weighted by atomic mass is 32.1. The quantitative estimate of drug-likeness (QED) is 0.603. The van der Waals surface area contributed by atoms with Gasteiger partial charge >= 0.3 is 6.09 Å². The Bertz CT molecular complexity index is 1040. The van der Waals surface area contributed by atoms with Crippen LogP contribution in [0.5, 0.6) is 0 Å². The molecule has 1 N–H and O–H groups in total. The largest absolute Gasteiger partial charge is 0.446 e. The van der Waals surface area contributed by atoms with E-state index in [1.165, 1.54) is 17.4 Å². The minimum atomic E-state index is -0.307. The summed E-state index contributed by atoms with van der Waals surface area (Å²) in [7, 11) is 0. The molecule has 4 rings (SSSR count). The summed E-state index contributed by atoms with van der Waals surface area (Å²) in [6.07, 6.45) is 11.6. The molecule has 0 aromatic carbocycles. The highest BCUT2D eigenvalue weighted by molar-refractivity contribution is 7.16. The Morgan fingerprint density at radius 1 is 1.37 bits per heavy atom. The lowest BCUT2D eigenvalue weighted by Crippen LogP contribution is -2.34. The summed E-state index contributed by atoms with van der Waals surface area (Å²) in [5.74, 6) is -0.307. The number of thiophene rings is 1. The number of carbonyl (C=O) groups is 2. The maximum atomic E-state index is 12.3. The molecule has 152 valence electrons. The van der Waals surface area contributed by atoms with Gasteiger partial charge in [0.25, 0.3) is 0 Å². The maximum Gasteiger partial charge on any atom is 0.410 e. The van der Waals surface area contributed by atoms with Gasteiger partial charge in [-0.1, -0.05) is 18.2 Å². The highest BCUT2D eigenvalue weighted by Gasteiger charge is 2.29. The minimum absolute atomic E-state index is 0.218. The van der Waals surface area contributed by atoms with E-state index in [0.29, 0.717) is 42.9 Å². The first-order valence-corrected chi connectivity index (χ1v) is 10.5. The number of nitrogens with one attached hydrogen (secondary N) is 1. The average Bonchev–Trinajstić information content (AvgIpc) is 3.40. The lowest BCUT2D eigenvalue weighted by atomic mass is 9.94. The third-order valence-corrected chi connectivity index (χ3v) is 6.19. The number of amides is 2. The number of carbonyl (C=O) groups excluding carboxylic acids is 2. The van der Waals surface area contributed by atoms with Gasteiger partial charge in [0.15, 0.2) is 0 Å². The molecule has 7 nitrogen and oxygen atoms in total. The lowest BCUT2D eigenvalue weighted by Gasteiger charge is -2.25. The summed E-state index contributed by atoms with van der Waals surface area (Å²) in [5.41, 5.74) is 2.27. The van der Waals surface area contributed by atoms with Crippen molar-refractivity contribution in [3.05, 3.63) is 64.3 Å². The van der Waals surface area contributed by atoms with Gasteiger partial charge in [-0.2, -0.15) is 5.26 Å². The normalized spacial score (nSPS) is 17.6. The van der Waals surface area contributed by atoms with Crippen LogP contribution in [0.25, 0.3) is 6.08 Å². The van der Waals surface area contributed by atoms with Gasteiger partial charge in [0, 0.05) is 42.9 Å². The van der Waals surface area contributed by atoms with Gasteiger partial charge in [0.05, 0.1) is 5.56 Å². The van der Waals surface area contributed by atoms with E-state index in [2.05, 4.69) is 16.4 Å². The van der Waals surface area contributed by atoms with Crippen molar-refractivity contribution in [2.24, 2.45) is 0 Å². The molecule has 2 aromatic rings. The summed E-state index contributed by atoms with van der Waals surface area (Å²) in [5, 5.41) is 13.0. The molecule has 0 saturated heterocycles. The van der Waals surface area contributed by atoms with E-state index < -0.39 is 0 Å². The zero-order valence-corrected chi connectivity index (χ0v) is 17.0. The average molecular weight is 420 g/mol. The zero-order chi connectivity index (χ0) is 20.9. The van der Waals surface area contributed by atoms with Gasteiger partial charge in [-0.25, -0.2) is 4.79 Å². The molecule has 1 atom stereocenters. The van der Waals surface area contributed by atoms with Crippen molar-refractivity contribution in [1.29, 1.82) is 5.26 Å². The number of rotatable bonds is 4. The van der Waals surface area contributed by atoms with Crippen molar-refractivity contribution in [1.82, 2.24) is 9.88 Å². The van der Waals surface area contributed by atoms with Crippen molar-refractivity contribution < 1.29 is 14.3 Å². The van der Waals surface area contributed by atoms with Gasteiger partial charge in [-0.05, 0) is 36.1 Å². The number of anilines is 1. The number of nitriles is 1. The Kier molecular flexibility index (Phi) is 5.91. The number of nitrogens with zero attached hydrogens (tertiary/aromatic N) is 3. The van der Waals surface area contributed by atoms with E-state index in [1.807, 2.05) is 18.2 Å². The van der Waals surface area contributed by atoms with Crippen LogP contribution in [0.1, 0.15) is 28.0 Å². The number of hydrogen-bond donors (Lipinski definition) is 1. The number of fused-ring (bicyclic) bond motifs is 1. The van der Waals surface area contributed by atoms with Crippen molar-refractivity contribution in [2.75, 3.05) is 18.4 Å². The standard InChI is InChI=1S/C22H20N4O3S/c23-13-18-17-7-6-16(29-22(28)26-10-1-2-11-26)12-19(17)30-21(18)25-20(27)8-5-15-4-3-9-24-14-15/h1-5,8-9,14,16H,6-7,10-12H2,(H,25,27). The zero-order valence-electron chi connectivity index (χ0n) is 16.2. The van der Waals surface area contributed by atoms with Crippen LogP contribution in [-0.4, -0.2) is 41.1 Å². The van der Waals surface area contributed by atoms with E-state index in [1.54, 1.807) is 29.4 Å². The molecule has 0 bridgehead atoms. The second-order valence-electron chi connectivity index (χ2n) is 7.05. The molecule has 8 heteroatoms. The van der Waals surface area contributed by atoms with Crippen LogP contribution in [-0.2, 0) is 22.4 Å². The van der Waals surface area contributed by atoms with Crippen LogP contribution in [0, 0.1) is 11.3 Å². The fourth-order valence-corrected chi connectivity index (χ4v) is 4.77. The van der Waals surface area contributed by atoms with Gasteiger partial charge in [-0.3, -0.25) is 9.78 Å². The fraction of sp³-hybridized carbons (Fsp3) is 0.273. The lowest BCUT2D eigenvalue weighted by molar-refractivity contribution is -0.111. The molecule has 0 saturated carbocycles. The molecule has 1 aliphatic heterocycles. The Labute approximate surface area is 178 Å². The molecule has 3 heterocycles.